The number of hydrogen-bond acceptors (Lipinski definition) is 2. The van der Waals surface area contributed by atoms with Crippen LogP contribution in [0.3, 0.4) is 0 Å². The van der Waals surface area contributed by atoms with Gasteiger partial charge >= 0.3 is 11.9 Å². The van der Waals surface area contributed by atoms with Crippen LogP contribution in [0, 0.1) is 13.8 Å². The summed E-state index contributed by atoms with van der Waals surface area (Å²) in [5.74, 6) is -2.01. The third-order valence-corrected chi connectivity index (χ3v) is 5.26. The molecule has 0 aliphatic rings. The highest BCUT2D eigenvalue weighted by Crippen LogP contribution is 2.41. The molecule has 3 aromatic carbocycles. The topological polar surface area (TPSA) is 74.6 Å². The number of rotatable bonds is 6. The van der Waals surface area contributed by atoms with Crippen molar-refractivity contribution in [2.24, 2.45) is 0 Å². The van der Waals surface area contributed by atoms with E-state index in [2.05, 4.69) is 13.0 Å². The van der Waals surface area contributed by atoms with Crippen molar-refractivity contribution in [2.75, 3.05) is 0 Å². The molecule has 3 aromatic rings. The van der Waals surface area contributed by atoms with Crippen LogP contribution in [0.4, 0.5) is 0 Å². The number of hydrogen-bond donors (Lipinski definition) is 2. The van der Waals surface area contributed by atoms with Gasteiger partial charge in [0, 0.05) is 0 Å². The van der Waals surface area contributed by atoms with E-state index >= 15 is 0 Å². The molecular formula is C25H24O4. The number of carboxylic acids is 2. The van der Waals surface area contributed by atoms with Crippen LogP contribution >= 0.6 is 0 Å². The molecule has 3 rings (SSSR count). The predicted octanol–water partition coefficient (Wildman–Crippen LogP) is 5.99. The second-order valence-corrected chi connectivity index (χ2v) is 7.18. The third-order valence-electron chi connectivity index (χ3n) is 5.26. The minimum absolute atomic E-state index is 0.201. The van der Waals surface area contributed by atoms with Crippen molar-refractivity contribution >= 4 is 11.9 Å². The van der Waals surface area contributed by atoms with Crippen molar-refractivity contribution < 1.29 is 19.8 Å². The van der Waals surface area contributed by atoms with E-state index in [0.29, 0.717) is 11.1 Å². The summed E-state index contributed by atoms with van der Waals surface area (Å²) in [6.07, 6.45) is 1.83. The molecule has 4 nitrogen and oxygen atoms in total. The molecule has 4 heteroatoms. The van der Waals surface area contributed by atoms with Crippen molar-refractivity contribution in [1.82, 2.24) is 0 Å². The molecular weight excluding hydrogens is 364 g/mol. The first-order valence-corrected chi connectivity index (χ1v) is 9.65. The van der Waals surface area contributed by atoms with Gasteiger partial charge in [0.2, 0.25) is 0 Å². The molecule has 0 aliphatic carbocycles. The van der Waals surface area contributed by atoms with Gasteiger partial charge in [0.05, 0.1) is 11.1 Å². The van der Waals surface area contributed by atoms with Gasteiger partial charge in [0.15, 0.2) is 0 Å². The molecule has 148 valence electrons. The summed E-state index contributed by atoms with van der Waals surface area (Å²) in [6.45, 7) is 6.05. The van der Waals surface area contributed by atoms with Gasteiger partial charge in [-0.1, -0.05) is 55.8 Å². The summed E-state index contributed by atoms with van der Waals surface area (Å²) < 4.78 is 0. The average Bonchev–Trinajstić information content (AvgIpc) is 2.70. The average molecular weight is 388 g/mol. The summed E-state index contributed by atoms with van der Waals surface area (Å²) in [7, 11) is 0. The Morgan fingerprint density at radius 3 is 1.76 bits per heavy atom. The van der Waals surface area contributed by atoms with Crippen molar-refractivity contribution in [2.45, 2.75) is 33.6 Å². The Bertz CT molecular complexity index is 1100. The van der Waals surface area contributed by atoms with E-state index in [1.807, 2.05) is 26.0 Å². The van der Waals surface area contributed by atoms with Gasteiger partial charge in [-0.15, -0.1) is 0 Å². The molecule has 0 heterocycles. The molecule has 2 N–H and O–H groups in total. The molecule has 0 radical (unpaired) electrons. The number of carboxylic acid groups (broad SMARTS) is 2. The monoisotopic (exact) mass is 388 g/mol. The Balaban J connectivity index is 2.48. The highest BCUT2D eigenvalue weighted by Gasteiger charge is 2.23. The number of aromatic carboxylic acids is 2. The smallest absolute Gasteiger partial charge is 0.336 e. The van der Waals surface area contributed by atoms with Crippen LogP contribution in [0.15, 0.2) is 54.6 Å². The van der Waals surface area contributed by atoms with Crippen LogP contribution < -0.4 is 0 Å². The lowest BCUT2D eigenvalue weighted by molar-refractivity contribution is 0.0686. The second kappa shape index (κ2) is 8.31. The molecule has 0 unspecified atom stereocenters. The summed E-state index contributed by atoms with van der Waals surface area (Å²) >= 11 is 0. The summed E-state index contributed by atoms with van der Waals surface area (Å²) in [4.78, 5) is 23.8. The minimum atomic E-state index is -1.01. The summed E-state index contributed by atoms with van der Waals surface area (Å²) in [5.41, 5.74) is 6.24. The second-order valence-electron chi connectivity index (χ2n) is 7.18. The quantitative estimate of drug-likeness (QED) is 0.544. The van der Waals surface area contributed by atoms with Gasteiger partial charge < -0.3 is 10.2 Å². The molecule has 0 saturated carbocycles. The summed E-state index contributed by atoms with van der Waals surface area (Å²) in [6, 6.07) is 15.9. The highest BCUT2D eigenvalue weighted by molar-refractivity contribution is 6.04. The van der Waals surface area contributed by atoms with Gasteiger partial charge in [-0.2, -0.15) is 0 Å². The zero-order chi connectivity index (χ0) is 21.1. The number of carbonyl (C=O) groups is 2. The number of benzene rings is 3. The highest BCUT2D eigenvalue weighted by atomic mass is 16.4. The minimum Gasteiger partial charge on any atom is -0.478 e. The van der Waals surface area contributed by atoms with Crippen LogP contribution in [-0.2, 0) is 6.42 Å². The van der Waals surface area contributed by atoms with E-state index in [1.165, 1.54) is 0 Å². The Labute approximate surface area is 170 Å². The first-order valence-electron chi connectivity index (χ1n) is 9.65. The lowest BCUT2D eigenvalue weighted by atomic mass is 9.82. The summed E-state index contributed by atoms with van der Waals surface area (Å²) in [5, 5.41) is 19.5. The fraction of sp³-hybridized carbons (Fsp3) is 0.200. The van der Waals surface area contributed by atoms with E-state index in [9.17, 15) is 19.8 Å². The molecule has 0 saturated heterocycles. The fourth-order valence-corrected chi connectivity index (χ4v) is 3.97. The zero-order valence-electron chi connectivity index (χ0n) is 16.8. The fourth-order valence-electron chi connectivity index (χ4n) is 3.97. The van der Waals surface area contributed by atoms with E-state index < -0.39 is 11.9 Å². The molecule has 0 aliphatic heterocycles. The largest absolute Gasteiger partial charge is 0.478 e. The molecule has 0 amide bonds. The van der Waals surface area contributed by atoms with E-state index in [-0.39, 0.29) is 11.1 Å². The van der Waals surface area contributed by atoms with Gasteiger partial charge in [0.25, 0.3) is 0 Å². The standard InChI is InChI=1S/C25H24O4/c1-4-9-17-14-15(2)22(18-10-5-7-12-20(18)24(26)27)23(16(17)3)19-11-6-8-13-21(19)25(28)29/h5-8,10-14H,4,9H2,1-3H3,(H,26,27)(H,28,29). The van der Waals surface area contributed by atoms with Crippen molar-refractivity contribution in [3.8, 4) is 22.3 Å². The molecule has 0 atom stereocenters. The Kier molecular flexibility index (Phi) is 5.83. The molecule has 0 aromatic heterocycles. The number of aryl methyl sites for hydroxylation is 2. The molecule has 0 bridgehead atoms. The maximum atomic E-state index is 11.9. The van der Waals surface area contributed by atoms with Crippen LogP contribution in [0.1, 0.15) is 50.8 Å². The lowest BCUT2D eigenvalue weighted by Crippen LogP contribution is -2.06. The maximum Gasteiger partial charge on any atom is 0.336 e. The van der Waals surface area contributed by atoms with Crippen LogP contribution in [-0.4, -0.2) is 22.2 Å². The molecule has 0 fully saturated rings. The predicted molar refractivity (Wildman–Crippen MR) is 115 cm³/mol. The maximum absolute atomic E-state index is 11.9. The normalized spacial score (nSPS) is 10.7. The van der Waals surface area contributed by atoms with Crippen molar-refractivity contribution in [1.29, 1.82) is 0 Å². The van der Waals surface area contributed by atoms with Gasteiger partial charge in [-0.3, -0.25) is 0 Å². The third kappa shape index (κ3) is 3.79. The molecule has 29 heavy (non-hydrogen) atoms. The lowest BCUT2D eigenvalue weighted by Gasteiger charge is -2.22. The van der Waals surface area contributed by atoms with Gasteiger partial charge in [-0.05, 0) is 71.3 Å². The van der Waals surface area contributed by atoms with Gasteiger partial charge in [0.1, 0.15) is 0 Å². The van der Waals surface area contributed by atoms with Crippen LogP contribution in [0.5, 0.6) is 0 Å². The van der Waals surface area contributed by atoms with Gasteiger partial charge in [-0.25, -0.2) is 9.59 Å². The van der Waals surface area contributed by atoms with E-state index in [1.54, 1.807) is 36.4 Å². The van der Waals surface area contributed by atoms with Crippen LogP contribution in [0.2, 0.25) is 0 Å². The van der Waals surface area contributed by atoms with Crippen LogP contribution in [0.25, 0.3) is 22.3 Å². The van der Waals surface area contributed by atoms with Crippen molar-refractivity contribution in [3.63, 3.8) is 0 Å². The Morgan fingerprint density at radius 1 is 0.793 bits per heavy atom. The van der Waals surface area contributed by atoms with E-state index in [4.69, 9.17) is 0 Å². The van der Waals surface area contributed by atoms with Crippen molar-refractivity contribution in [3.05, 3.63) is 82.4 Å². The zero-order valence-corrected chi connectivity index (χ0v) is 16.8. The first kappa shape index (κ1) is 20.3. The first-order chi connectivity index (χ1) is 13.9. The van der Waals surface area contributed by atoms with E-state index in [0.717, 1.165) is 40.7 Å². The molecule has 0 spiro atoms. The Morgan fingerprint density at radius 2 is 1.28 bits per heavy atom. The Hall–Kier alpha value is -3.40. The SMILES string of the molecule is CCCc1cc(C)c(-c2ccccc2C(=O)O)c(-c2ccccc2C(=O)O)c1C.